The van der Waals surface area contributed by atoms with E-state index in [0.29, 0.717) is 69.8 Å². The molecule has 538 valence electrons. The van der Waals surface area contributed by atoms with Crippen LogP contribution in [0.5, 0.6) is 5.75 Å². The SMILES string of the molecule is N=C(N)CCCC[C@@H]1NC(=O)C(CCCCNC2CC(=O)N(CC3CCC(C(=O)N[C@@H](CCCCNC(=O)CN4CCN(CC(=O)O)CCN(CC(=O)O)CCN(CC(=O)O)CC4)C(N)=O)CC3)C2=O)CC(=O)[C@@H](Cc2ccc(O)cc2)NC(=O)[C@H](CC(=O)O)NC(=O)CNC1=O. The van der Waals surface area contributed by atoms with Gasteiger partial charge in [0.25, 0.3) is 0 Å². The van der Waals surface area contributed by atoms with Crippen molar-refractivity contribution in [1.29, 1.82) is 5.41 Å². The molecule has 3 aliphatic heterocycles. The molecule has 1 aliphatic carbocycles. The number of ketones is 1. The maximum Gasteiger partial charge on any atom is 0.317 e. The second kappa shape index (κ2) is 40.7. The Hall–Kier alpha value is -8.73. The van der Waals surface area contributed by atoms with E-state index < -0.39 is 127 Å². The van der Waals surface area contributed by atoms with Crippen LogP contribution in [-0.2, 0) is 73.5 Å². The highest BCUT2D eigenvalue weighted by Gasteiger charge is 2.41. The number of nitrogens with one attached hydrogen (secondary N) is 8. The molecule has 2 unspecified atom stereocenters. The molecule has 3 heterocycles. The van der Waals surface area contributed by atoms with Gasteiger partial charge in [-0.2, -0.15) is 0 Å². The Balaban J connectivity index is 1.09. The highest BCUT2D eigenvalue weighted by atomic mass is 16.4. The number of rotatable bonds is 33. The topological polar surface area (TPSA) is 516 Å². The monoisotopic (exact) mass is 1370 g/mol. The number of likely N-dealkylation sites (tertiary alicyclic amines) is 1. The van der Waals surface area contributed by atoms with Gasteiger partial charge < -0.3 is 74.2 Å². The summed E-state index contributed by atoms with van der Waals surface area (Å²) in [5.41, 5.74) is 11.7. The first-order valence-electron chi connectivity index (χ1n) is 33.1. The normalized spacial score (nSPS) is 23.2. The van der Waals surface area contributed by atoms with Gasteiger partial charge in [0, 0.05) is 90.1 Å². The first-order chi connectivity index (χ1) is 46.1. The molecular formula is C63H97N15O19. The van der Waals surface area contributed by atoms with Gasteiger partial charge in [0.1, 0.15) is 23.9 Å². The number of unbranched alkanes of at least 4 members (excludes halogenated alkanes) is 3. The van der Waals surface area contributed by atoms with Crippen LogP contribution in [0.4, 0.5) is 0 Å². The number of hydrogen-bond acceptors (Lipinski definition) is 21. The number of carboxylic acids is 4. The van der Waals surface area contributed by atoms with Crippen LogP contribution >= 0.6 is 0 Å². The van der Waals surface area contributed by atoms with Gasteiger partial charge in [-0.25, -0.2) is 0 Å². The predicted octanol–water partition coefficient (Wildman–Crippen LogP) is -3.51. The Morgan fingerprint density at radius 1 is 0.608 bits per heavy atom. The lowest BCUT2D eigenvalue weighted by atomic mass is 9.81. The molecule has 17 N–H and O–H groups in total. The molecule has 1 aromatic rings. The third-order valence-electron chi connectivity index (χ3n) is 17.7. The molecule has 34 nitrogen and oxygen atoms in total. The van der Waals surface area contributed by atoms with E-state index in [1.807, 2.05) is 0 Å². The number of carbonyl (C=O) groups is 14. The number of phenols is 1. The minimum Gasteiger partial charge on any atom is -0.508 e. The summed E-state index contributed by atoms with van der Waals surface area (Å²) in [5.74, 6) is -12.7. The molecule has 4 fully saturated rings. The second-order valence-electron chi connectivity index (χ2n) is 25.4. The average Bonchev–Trinajstić information content (AvgIpc) is 1.74. The van der Waals surface area contributed by atoms with Crippen LogP contribution in [0.15, 0.2) is 24.3 Å². The van der Waals surface area contributed by atoms with E-state index in [1.165, 1.54) is 29.2 Å². The van der Waals surface area contributed by atoms with Crippen molar-refractivity contribution in [2.24, 2.45) is 29.2 Å². The molecule has 0 aromatic heterocycles. The zero-order valence-corrected chi connectivity index (χ0v) is 54.8. The van der Waals surface area contributed by atoms with Crippen molar-refractivity contribution < 1.29 is 92.7 Å². The quantitative estimate of drug-likeness (QED) is 0.0140. The summed E-state index contributed by atoms with van der Waals surface area (Å²) in [5, 5.41) is 74.4. The molecular weight excluding hydrogens is 1270 g/mol. The third-order valence-corrected chi connectivity index (χ3v) is 17.7. The molecule has 3 saturated heterocycles. The highest BCUT2D eigenvalue weighted by molar-refractivity contribution is 6.05. The van der Waals surface area contributed by atoms with Crippen LogP contribution < -0.4 is 48.7 Å². The van der Waals surface area contributed by atoms with Gasteiger partial charge >= 0.3 is 23.9 Å². The maximum absolute atomic E-state index is 14.3. The number of carboxylic acid groups (broad SMARTS) is 4. The van der Waals surface area contributed by atoms with E-state index >= 15 is 0 Å². The Morgan fingerprint density at radius 2 is 1.16 bits per heavy atom. The van der Waals surface area contributed by atoms with E-state index in [-0.39, 0.29) is 172 Å². The van der Waals surface area contributed by atoms with E-state index in [1.54, 1.807) is 19.6 Å². The Morgan fingerprint density at radius 3 is 1.72 bits per heavy atom. The van der Waals surface area contributed by atoms with Crippen LogP contribution in [0.25, 0.3) is 0 Å². The molecule has 97 heavy (non-hydrogen) atoms. The number of nitrogens with two attached hydrogens (primary N) is 2. The summed E-state index contributed by atoms with van der Waals surface area (Å²) in [6.07, 6.45) is 2.99. The molecule has 1 aromatic carbocycles. The lowest BCUT2D eigenvalue weighted by Gasteiger charge is -2.32. The van der Waals surface area contributed by atoms with E-state index in [4.69, 9.17) is 16.9 Å². The minimum atomic E-state index is -1.67. The molecule has 34 heteroatoms. The minimum absolute atomic E-state index is 0.0535. The number of imide groups is 1. The Kier molecular flexibility index (Phi) is 33.2. The van der Waals surface area contributed by atoms with Crippen molar-refractivity contribution in [2.45, 2.75) is 146 Å². The van der Waals surface area contributed by atoms with Crippen molar-refractivity contribution in [3.63, 3.8) is 0 Å². The number of nitrogens with zero attached hydrogens (tertiary/aromatic N) is 5. The van der Waals surface area contributed by atoms with Gasteiger partial charge in [0.2, 0.25) is 53.2 Å². The van der Waals surface area contributed by atoms with Crippen LogP contribution in [0.2, 0.25) is 0 Å². The number of phenolic OH excluding ortho intramolecular Hbond substituents is 1. The second-order valence-corrected chi connectivity index (χ2v) is 25.4. The molecule has 9 amide bonds. The smallest absolute Gasteiger partial charge is 0.317 e. The van der Waals surface area contributed by atoms with Gasteiger partial charge in [-0.05, 0) is 107 Å². The predicted molar refractivity (Wildman–Crippen MR) is 345 cm³/mol. The van der Waals surface area contributed by atoms with Gasteiger partial charge in [0.15, 0.2) is 5.78 Å². The summed E-state index contributed by atoms with van der Waals surface area (Å²) < 4.78 is 0. The number of aromatic hydroxyl groups is 1. The van der Waals surface area contributed by atoms with Crippen molar-refractivity contribution >= 4 is 88.7 Å². The van der Waals surface area contributed by atoms with E-state index in [9.17, 15) is 92.7 Å². The van der Waals surface area contributed by atoms with Gasteiger partial charge in [-0.1, -0.05) is 25.0 Å². The number of Topliss-reactive ketones (excluding diaryl/α,β-unsaturated/α-hetero) is 1. The van der Waals surface area contributed by atoms with Crippen molar-refractivity contribution in [3.8, 4) is 5.75 Å². The fourth-order valence-electron chi connectivity index (χ4n) is 12.3. The number of carbonyl (C=O) groups excluding carboxylic acids is 10. The van der Waals surface area contributed by atoms with Crippen molar-refractivity contribution in [1.82, 2.24) is 61.7 Å². The van der Waals surface area contributed by atoms with E-state index in [0.717, 1.165) is 0 Å². The number of aliphatic carboxylic acids is 4. The standard InChI is InChI=1S/C63H97N15O19/c64-50(65)10-2-1-9-45-61(95)69-33-51(81)70-47(32-54(84)85)62(96)73-46(29-39-13-17-43(79)18-14-39)49(80)30-42(60(94)72-45)7-3-5-19-67-48-31-53(83)78(63(48)97)34-40-11-15-41(16-12-40)59(93)71-44(58(66)92)8-4-6-20-68-52(82)35-74-21-23-75(36-55(86)87)25-27-77(38-57(90)91)28-26-76(24-22-74)37-56(88)89/h13-14,17-18,40-42,44-48,67,79H,1-12,15-16,19-38H2,(H3,64,65)(H2,66,92)(H,68,82)(H,69,95)(H,70,81)(H,71,93)(H,72,94)(H,73,96)(H,84,85)(H,86,87)(H,88,89)(H,90,91)/t40?,41?,42?,44-,45-,46+,47-,48?/m0/s1. The maximum atomic E-state index is 14.3. The molecule has 5 rings (SSSR count). The van der Waals surface area contributed by atoms with Crippen LogP contribution in [0, 0.1) is 23.2 Å². The molecule has 0 bridgehead atoms. The van der Waals surface area contributed by atoms with E-state index in [2.05, 4.69) is 37.2 Å². The van der Waals surface area contributed by atoms with Gasteiger partial charge in [-0.3, -0.25) is 97.0 Å². The number of benzene rings is 1. The molecule has 0 spiro atoms. The van der Waals surface area contributed by atoms with Crippen molar-refractivity contribution in [2.75, 3.05) is 105 Å². The van der Waals surface area contributed by atoms with Crippen LogP contribution in [0.3, 0.4) is 0 Å². The summed E-state index contributed by atoms with van der Waals surface area (Å²) >= 11 is 0. The largest absolute Gasteiger partial charge is 0.508 e. The Bertz CT molecular complexity index is 2900. The summed E-state index contributed by atoms with van der Waals surface area (Å²) in [6, 6.07) is -0.317. The zero-order valence-electron chi connectivity index (χ0n) is 54.8. The lowest BCUT2D eigenvalue weighted by molar-refractivity contribution is -0.141. The van der Waals surface area contributed by atoms with Gasteiger partial charge in [-0.15, -0.1) is 0 Å². The molecule has 1 saturated carbocycles. The number of hydrogen-bond donors (Lipinski definition) is 15. The zero-order chi connectivity index (χ0) is 71.1. The van der Waals surface area contributed by atoms with Gasteiger partial charge in [0.05, 0.1) is 63.5 Å². The van der Waals surface area contributed by atoms with Crippen LogP contribution in [-0.4, -0.2) is 274 Å². The number of primary amides is 1. The Labute approximate surface area is 561 Å². The fourth-order valence-corrected chi connectivity index (χ4v) is 12.3. The first kappa shape index (κ1) is 79.0. The lowest BCUT2D eigenvalue weighted by Crippen LogP contribution is -2.54. The van der Waals surface area contributed by atoms with Crippen LogP contribution in [0.1, 0.15) is 115 Å². The number of amides is 9. The molecule has 4 aliphatic rings. The highest BCUT2D eigenvalue weighted by Crippen LogP contribution is 2.31. The summed E-state index contributed by atoms with van der Waals surface area (Å²) in [7, 11) is 0. The average molecular weight is 1370 g/mol. The number of amidine groups is 1. The molecule has 0 radical (unpaired) electrons. The summed E-state index contributed by atoms with van der Waals surface area (Å²) in [4.78, 5) is 190. The molecule has 6 atom stereocenters. The third kappa shape index (κ3) is 29.3. The fraction of sp³-hybridized carbons (Fsp3) is 0.667. The van der Waals surface area contributed by atoms with Crippen molar-refractivity contribution in [3.05, 3.63) is 29.8 Å². The summed E-state index contributed by atoms with van der Waals surface area (Å²) in [6.45, 7) is 0.827. The first-order valence-corrected chi connectivity index (χ1v) is 33.1.